The van der Waals surface area contributed by atoms with E-state index in [0.717, 1.165) is 11.4 Å². The number of hydrazine groups is 1. The van der Waals surface area contributed by atoms with Crippen LogP contribution in [-0.4, -0.2) is 27.1 Å². The lowest BCUT2D eigenvalue weighted by Gasteiger charge is -2.14. The van der Waals surface area contributed by atoms with Crippen LogP contribution in [0.4, 0.5) is 11.4 Å². The highest BCUT2D eigenvalue weighted by Gasteiger charge is 1.99. The third kappa shape index (κ3) is 3.14. The van der Waals surface area contributed by atoms with E-state index in [0.29, 0.717) is 5.96 Å². The van der Waals surface area contributed by atoms with Crippen LogP contribution in [-0.2, 0) is 0 Å². The summed E-state index contributed by atoms with van der Waals surface area (Å²) in [7, 11) is 5.65. The molecule has 1 aromatic carbocycles. The van der Waals surface area contributed by atoms with E-state index < -0.39 is 0 Å². The number of aliphatic imine (C=N–C) groups is 1. The molecule has 0 bridgehead atoms. The van der Waals surface area contributed by atoms with Crippen molar-refractivity contribution >= 4 is 17.3 Å². The molecule has 0 aromatic heterocycles. The molecule has 0 saturated carbocycles. The number of anilines is 2. The highest BCUT2D eigenvalue weighted by atomic mass is 15.3. The first-order valence-corrected chi connectivity index (χ1v) is 4.65. The number of nitrogens with two attached hydrogens (primary N) is 1. The SMILES string of the molecule is CN=C(NN)Nc1cccc(N(C)C)c1. The summed E-state index contributed by atoms with van der Waals surface area (Å²) in [5, 5.41) is 3.06. The largest absolute Gasteiger partial charge is 0.378 e. The van der Waals surface area contributed by atoms with Crippen molar-refractivity contribution in [3.63, 3.8) is 0 Å². The maximum Gasteiger partial charge on any atom is 0.209 e. The molecule has 0 fully saturated rings. The van der Waals surface area contributed by atoms with Crippen molar-refractivity contribution < 1.29 is 0 Å². The summed E-state index contributed by atoms with van der Waals surface area (Å²) >= 11 is 0. The molecule has 0 amide bonds. The number of hydrogen-bond donors (Lipinski definition) is 3. The molecule has 15 heavy (non-hydrogen) atoms. The second-order valence-electron chi connectivity index (χ2n) is 3.29. The van der Waals surface area contributed by atoms with Crippen LogP contribution in [0.25, 0.3) is 0 Å². The van der Waals surface area contributed by atoms with Gasteiger partial charge in [0, 0.05) is 32.5 Å². The number of rotatable bonds is 2. The molecule has 0 aliphatic heterocycles. The molecule has 4 N–H and O–H groups in total. The molecule has 82 valence electrons. The van der Waals surface area contributed by atoms with Crippen molar-refractivity contribution in [2.45, 2.75) is 0 Å². The maximum atomic E-state index is 5.28. The zero-order valence-electron chi connectivity index (χ0n) is 9.28. The summed E-state index contributed by atoms with van der Waals surface area (Å²) < 4.78 is 0. The molecule has 5 heteroatoms. The minimum absolute atomic E-state index is 0.533. The van der Waals surface area contributed by atoms with Crippen molar-refractivity contribution in [2.24, 2.45) is 10.8 Å². The predicted molar refractivity (Wildman–Crippen MR) is 65.1 cm³/mol. The van der Waals surface area contributed by atoms with Crippen LogP contribution in [0.1, 0.15) is 0 Å². The third-order valence-corrected chi connectivity index (χ3v) is 1.99. The fourth-order valence-electron chi connectivity index (χ4n) is 1.16. The van der Waals surface area contributed by atoms with Crippen LogP contribution >= 0.6 is 0 Å². The summed E-state index contributed by atoms with van der Waals surface area (Å²) in [5.41, 5.74) is 4.54. The van der Waals surface area contributed by atoms with E-state index in [1.807, 2.05) is 43.3 Å². The predicted octanol–water partition coefficient (Wildman–Crippen LogP) is 0.614. The average Bonchev–Trinajstić information content (AvgIpc) is 2.26. The maximum absolute atomic E-state index is 5.28. The van der Waals surface area contributed by atoms with Gasteiger partial charge in [0.05, 0.1) is 0 Å². The quantitative estimate of drug-likeness (QED) is 0.288. The van der Waals surface area contributed by atoms with Gasteiger partial charge < -0.3 is 10.2 Å². The van der Waals surface area contributed by atoms with Gasteiger partial charge in [0.2, 0.25) is 5.96 Å². The lowest BCUT2D eigenvalue weighted by Crippen LogP contribution is -2.36. The number of hydrogen-bond acceptors (Lipinski definition) is 3. The van der Waals surface area contributed by atoms with Gasteiger partial charge in [-0.15, -0.1) is 0 Å². The zero-order chi connectivity index (χ0) is 11.3. The van der Waals surface area contributed by atoms with Gasteiger partial charge in [0.1, 0.15) is 0 Å². The van der Waals surface area contributed by atoms with E-state index in [1.54, 1.807) is 7.05 Å². The minimum Gasteiger partial charge on any atom is -0.378 e. The summed E-state index contributed by atoms with van der Waals surface area (Å²) in [4.78, 5) is 5.96. The van der Waals surface area contributed by atoms with E-state index in [9.17, 15) is 0 Å². The van der Waals surface area contributed by atoms with Crippen LogP contribution in [0.5, 0.6) is 0 Å². The second kappa shape index (κ2) is 5.21. The monoisotopic (exact) mass is 207 g/mol. The lowest BCUT2D eigenvalue weighted by atomic mass is 10.2. The standard InChI is InChI=1S/C10H17N5/c1-12-10(14-11)13-8-5-4-6-9(7-8)15(2)3/h4-7H,11H2,1-3H3,(H2,12,13,14). The molecule has 0 aliphatic rings. The van der Waals surface area contributed by atoms with Gasteiger partial charge in [0.15, 0.2) is 0 Å². The van der Waals surface area contributed by atoms with Crippen molar-refractivity contribution in [2.75, 3.05) is 31.4 Å². The number of nitrogens with zero attached hydrogens (tertiary/aromatic N) is 2. The first kappa shape index (κ1) is 11.3. The van der Waals surface area contributed by atoms with Crippen LogP contribution in [0.15, 0.2) is 29.3 Å². The minimum atomic E-state index is 0.533. The van der Waals surface area contributed by atoms with Crippen molar-refractivity contribution in [1.29, 1.82) is 0 Å². The van der Waals surface area contributed by atoms with Gasteiger partial charge in [-0.3, -0.25) is 10.4 Å². The fraction of sp³-hybridized carbons (Fsp3) is 0.300. The van der Waals surface area contributed by atoms with E-state index in [4.69, 9.17) is 5.84 Å². The van der Waals surface area contributed by atoms with Gasteiger partial charge in [-0.2, -0.15) is 0 Å². The molecule has 0 aliphatic carbocycles. The first-order chi connectivity index (χ1) is 7.17. The second-order valence-corrected chi connectivity index (χ2v) is 3.29. The van der Waals surface area contributed by atoms with Gasteiger partial charge >= 0.3 is 0 Å². The van der Waals surface area contributed by atoms with Gasteiger partial charge in [0.25, 0.3) is 0 Å². The van der Waals surface area contributed by atoms with Crippen LogP contribution < -0.4 is 21.5 Å². The molecule has 0 radical (unpaired) electrons. The van der Waals surface area contributed by atoms with Crippen LogP contribution in [0, 0.1) is 0 Å². The van der Waals surface area contributed by atoms with E-state index in [-0.39, 0.29) is 0 Å². The smallest absolute Gasteiger partial charge is 0.209 e. The van der Waals surface area contributed by atoms with Gasteiger partial charge in [-0.1, -0.05) is 6.07 Å². The number of benzene rings is 1. The summed E-state index contributed by atoms with van der Waals surface area (Å²) in [6.07, 6.45) is 0. The fourth-order valence-corrected chi connectivity index (χ4v) is 1.16. The molecule has 5 nitrogen and oxygen atoms in total. The van der Waals surface area contributed by atoms with Crippen molar-refractivity contribution in [3.05, 3.63) is 24.3 Å². The molecule has 1 aromatic rings. The Morgan fingerprint density at radius 2 is 2.13 bits per heavy atom. The molecule has 0 saturated heterocycles. The molecular formula is C10H17N5. The number of nitrogens with one attached hydrogen (secondary N) is 2. The Kier molecular flexibility index (Phi) is 3.93. The Hall–Kier alpha value is -1.75. The van der Waals surface area contributed by atoms with Crippen LogP contribution in [0.3, 0.4) is 0 Å². The van der Waals surface area contributed by atoms with E-state index in [1.165, 1.54) is 0 Å². The Labute approximate surface area is 90.0 Å². The van der Waals surface area contributed by atoms with Crippen molar-refractivity contribution in [1.82, 2.24) is 5.43 Å². The normalized spacial score (nSPS) is 11.1. The Balaban J connectivity index is 2.82. The highest BCUT2D eigenvalue weighted by molar-refractivity contribution is 5.93. The van der Waals surface area contributed by atoms with E-state index in [2.05, 4.69) is 15.7 Å². The summed E-state index contributed by atoms with van der Waals surface area (Å²) in [6, 6.07) is 7.98. The highest BCUT2D eigenvalue weighted by Crippen LogP contribution is 2.16. The Bertz CT molecular complexity index is 345. The third-order valence-electron chi connectivity index (χ3n) is 1.99. The zero-order valence-corrected chi connectivity index (χ0v) is 9.28. The summed E-state index contributed by atoms with van der Waals surface area (Å²) in [5.74, 6) is 5.81. The van der Waals surface area contributed by atoms with Crippen LogP contribution in [0.2, 0.25) is 0 Å². The van der Waals surface area contributed by atoms with Gasteiger partial charge in [-0.25, -0.2) is 5.84 Å². The van der Waals surface area contributed by atoms with Gasteiger partial charge in [-0.05, 0) is 18.2 Å². The lowest BCUT2D eigenvalue weighted by molar-refractivity contribution is 1.01. The summed E-state index contributed by atoms with van der Waals surface area (Å²) in [6.45, 7) is 0. The molecule has 0 heterocycles. The molecular weight excluding hydrogens is 190 g/mol. The molecule has 0 spiro atoms. The topological polar surface area (TPSA) is 65.7 Å². The van der Waals surface area contributed by atoms with E-state index >= 15 is 0 Å². The Morgan fingerprint density at radius 3 is 2.67 bits per heavy atom. The first-order valence-electron chi connectivity index (χ1n) is 4.65. The molecule has 0 unspecified atom stereocenters. The van der Waals surface area contributed by atoms with Crippen molar-refractivity contribution in [3.8, 4) is 0 Å². The number of guanidine groups is 1. The molecule has 1 rings (SSSR count). The average molecular weight is 207 g/mol. The Morgan fingerprint density at radius 1 is 1.40 bits per heavy atom. The molecule has 0 atom stereocenters.